The molecule has 0 unspecified atom stereocenters. The van der Waals surface area contributed by atoms with Crippen LogP contribution in [0.25, 0.3) is 0 Å². The molecule has 0 bridgehead atoms. The van der Waals surface area contributed by atoms with Crippen LogP contribution in [0.3, 0.4) is 0 Å². The number of hydrogen-bond acceptors (Lipinski definition) is 1. The molecule has 0 aliphatic heterocycles. The highest BCUT2D eigenvalue weighted by molar-refractivity contribution is 5.87. The van der Waals surface area contributed by atoms with Crippen LogP contribution in [-0.2, 0) is 10.2 Å². The Morgan fingerprint density at radius 1 is 1.33 bits per heavy atom. The Bertz CT molecular complexity index is 388. The first-order chi connectivity index (χ1) is 6.89. The van der Waals surface area contributed by atoms with Gasteiger partial charge in [0.15, 0.2) is 0 Å². The summed E-state index contributed by atoms with van der Waals surface area (Å²) < 4.78 is 26.4. The predicted octanol–water partition coefficient (Wildman–Crippen LogP) is 1.99. The van der Waals surface area contributed by atoms with E-state index in [1.54, 1.807) is 13.8 Å². The molecule has 0 heterocycles. The van der Waals surface area contributed by atoms with E-state index >= 15 is 0 Å². The van der Waals surface area contributed by atoms with Crippen molar-refractivity contribution in [2.45, 2.75) is 19.3 Å². The van der Waals surface area contributed by atoms with Crippen molar-refractivity contribution in [3.63, 3.8) is 0 Å². The molecule has 1 N–H and O–H groups in total. The summed E-state index contributed by atoms with van der Waals surface area (Å²) in [7, 11) is 1.46. The number of amides is 1. The minimum Gasteiger partial charge on any atom is -0.358 e. The van der Waals surface area contributed by atoms with E-state index in [4.69, 9.17) is 0 Å². The van der Waals surface area contributed by atoms with E-state index in [2.05, 4.69) is 5.32 Å². The standard InChI is InChI=1S/C11H13F2NO/c1-11(2,10(15)14-3)8-6-7(12)4-5-9(8)13/h4-6H,1-3H3,(H,14,15). The molecule has 0 atom stereocenters. The molecule has 1 aromatic carbocycles. The van der Waals surface area contributed by atoms with Gasteiger partial charge in [-0.1, -0.05) is 0 Å². The van der Waals surface area contributed by atoms with Crippen molar-refractivity contribution in [3.8, 4) is 0 Å². The van der Waals surface area contributed by atoms with Crippen LogP contribution in [-0.4, -0.2) is 13.0 Å². The Hall–Kier alpha value is -1.45. The molecule has 0 fully saturated rings. The van der Waals surface area contributed by atoms with Crippen LogP contribution in [0.2, 0.25) is 0 Å². The molecule has 0 radical (unpaired) electrons. The van der Waals surface area contributed by atoms with Gasteiger partial charge in [0.1, 0.15) is 11.6 Å². The van der Waals surface area contributed by atoms with Gasteiger partial charge in [-0.3, -0.25) is 4.79 Å². The molecule has 0 aliphatic carbocycles. The third kappa shape index (κ3) is 2.14. The van der Waals surface area contributed by atoms with E-state index in [0.717, 1.165) is 18.2 Å². The van der Waals surface area contributed by atoms with Gasteiger partial charge < -0.3 is 5.32 Å². The molecule has 82 valence electrons. The third-order valence-electron chi connectivity index (χ3n) is 2.40. The van der Waals surface area contributed by atoms with Gasteiger partial charge in [-0.2, -0.15) is 0 Å². The van der Waals surface area contributed by atoms with Gasteiger partial charge in [0.05, 0.1) is 5.41 Å². The number of hydrogen-bond donors (Lipinski definition) is 1. The topological polar surface area (TPSA) is 29.1 Å². The minimum atomic E-state index is -1.08. The zero-order valence-electron chi connectivity index (χ0n) is 8.90. The number of halogens is 2. The molecule has 1 amide bonds. The van der Waals surface area contributed by atoms with Crippen molar-refractivity contribution in [1.29, 1.82) is 0 Å². The summed E-state index contributed by atoms with van der Waals surface area (Å²) >= 11 is 0. The van der Waals surface area contributed by atoms with Crippen molar-refractivity contribution >= 4 is 5.91 Å². The molecule has 1 aromatic rings. The molecular weight excluding hydrogens is 200 g/mol. The summed E-state index contributed by atoms with van der Waals surface area (Å²) in [6.45, 7) is 3.09. The van der Waals surface area contributed by atoms with Crippen LogP contribution >= 0.6 is 0 Å². The van der Waals surface area contributed by atoms with Gasteiger partial charge in [-0.05, 0) is 32.0 Å². The molecule has 0 saturated carbocycles. The van der Waals surface area contributed by atoms with Gasteiger partial charge in [0.2, 0.25) is 5.91 Å². The first-order valence-electron chi connectivity index (χ1n) is 4.57. The number of rotatable bonds is 2. The largest absolute Gasteiger partial charge is 0.358 e. The average molecular weight is 213 g/mol. The number of benzene rings is 1. The summed E-state index contributed by atoms with van der Waals surface area (Å²) in [5.74, 6) is -1.49. The van der Waals surface area contributed by atoms with Crippen LogP contribution in [0.1, 0.15) is 19.4 Å². The lowest BCUT2D eigenvalue weighted by molar-refractivity contribution is -0.125. The lowest BCUT2D eigenvalue weighted by Gasteiger charge is -2.23. The summed E-state index contributed by atoms with van der Waals surface area (Å²) in [4.78, 5) is 11.5. The third-order valence-corrected chi connectivity index (χ3v) is 2.40. The maximum absolute atomic E-state index is 13.4. The number of carbonyl (C=O) groups excluding carboxylic acids is 1. The van der Waals surface area contributed by atoms with Crippen LogP contribution in [0.15, 0.2) is 18.2 Å². The van der Waals surface area contributed by atoms with Gasteiger partial charge >= 0.3 is 0 Å². The zero-order chi connectivity index (χ0) is 11.6. The zero-order valence-corrected chi connectivity index (χ0v) is 8.90. The average Bonchev–Trinajstić information content (AvgIpc) is 2.20. The van der Waals surface area contributed by atoms with Crippen LogP contribution in [0.4, 0.5) is 8.78 Å². The SMILES string of the molecule is CNC(=O)C(C)(C)c1cc(F)ccc1F. The van der Waals surface area contributed by atoms with E-state index in [0.29, 0.717) is 0 Å². The summed E-state index contributed by atoms with van der Waals surface area (Å²) in [6.07, 6.45) is 0. The van der Waals surface area contributed by atoms with Crippen molar-refractivity contribution in [1.82, 2.24) is 5.32 Å². The molecule has 0 saturated heterocycles. The Kier molecular flexibility index (Phi) is 3.07. The van der Waals surface area contributed by atoms with Crippen molar-refractivity contribution < 1.29 is 13.6 Å². The first kappa shape index (κ1) is 11.6. The van der Waals surface area contributed by atoms with E-state index in [9.17, 15) is 13.6 Å². The Labute approximate surface area is 87.3 Å². The van der Waals surface area contributed by atoms with Gasteiger partial charge in [0.25, 0.3) is 0 Å². The Morgan fingerprint density at radius 2 is 1.93 bits per heavy atom. The minimum absolute atomic E-state index is 0.0573. The monoisotopic (exact) mass is 213 g/mol. The summed E-state index contributed by atoms with van der Waals surface area (Å²) in [5, 5.41) is 2.42. The normalized spacial score (nSPS) is 11.3. The summed E-state index contributed by atoms with van der Waals surface area (Å²) in [5.41, 5.74) is -1.03. The molecule has 15 heavy (non-hydrogen) atoms. The predicted molar refractivity (Wildman–Crippen MR) is 53.5 cm³/mol. The van der Waals surface area contributed by atoms with E-state index < -0.39 is 17.0 Å². The highest BCUT2D eigenvalue weighted by Crippen LogP contribution is 2.26. The number of carbonyl (C=O) groups is 1. The highest BCUT2D eigenvalue weighted by Gasteiger charge is 2.31. The molecule has 1 rings (SSSR count). The Balaban J connectivity index is 3.25. The first-order valence-corrected chi connectivity index (χ1v) is 4.57. The highest BCUT2D eigenvalue weighted by atomic mass is 19.1. The molecule has 0 aromatic heterocycles. The fourth-order valence-corrected chi connectivity index (χ4v) is 1.41. The fraction of sp³-hybridized carbons (Fsp3) is 0.364. The van der Waals surface area contributed by atoms with Crippen LogP contribution < -0.4 is 5.32 Å². The van der Waals surface area contributed by atoms with Crippen molar-refractivity contribution in [3.05, 3.63) is 35.4 Å². The molecular formula is C11H13F2NO. The van der Waals surface area contributed by atoms with E-state index in [1.165, 1.54) is 7.05 Å². The second kappa shape index (κ2) is 3.96. The molecule has 0 spiro atoms. The lowest BCUT2D eigenvalue weighted by Crippen LogP contribution is -2.38. The molecule has 4 heteroatoms. The number of likely N-dealkylation sites (N-methyl/N-ethyl adjacent to an activating group) is 1. The van der Waals surface area contributed by atoms with Crippen LogP contribution in [0.5, 0.6) is 0 Å². The van der Waals surface area contributed by atoms with Crippen LogP contribution in [0, 0.1) is 11.6 Å². The van der Waals surface area contributed by atoms with E-state index in [1.807, 2.05) is 0 Å². The molecule has 0 aliphatic rings. The maximum atomic E-state index is 13.4. The molecule has 2 nitrogen and oxygen atoms in total. The van der Waals surface area contributed by atoms with Crippen molar-refractivity contribution in [2.24, 2.45) is 0 Å². The van der Waals surface area contributed by atoms with E-state index in [-0.39, 0.29) is 11.5 Å². The quantitative estimate of drug-likeness (QED) is 0.799. The number of nitrogens with one attached hydrogen (secondary N) is 1. The Morgan fingerprint density at radius 3 is 2.47 bits per heavy atom. The van der Waals surface area contributed by atoms with Gasteiger partial charge in [-0.15, -0.1) is 0 Å². The fourth-order valence-electron chi connectivity index (χ4n) is 1.41. The second-order valence-electron chi connectivity index (χ2n) is 3.83. The van der Waals surface area contributed by atoms with Gasteiger partial charge in [0, 0.05) is 12.6 Å². The van der Waals surface area contributed by atoms with Gasteiger partial charge in [-0.25, -0.2) is 8.78 Å². The maximum Gasteiger partial charge on any atom is 0.229 e. The smallest absolute Gasteiger partial charge is 0.229 e. The van der Waals surface area contributed by atoms with Crippen molar-refractivity contribution in [2.75, 3.05) is 7.05 Å². The lowest BCUT2D eigenvalue weighted by atomic mass is 9.83. The summed E-state index contributed by atoms with van der Waals surface area (Å²) in [6, 6.07) is 3.10. The second-order valence-corrected chi connectivity index (χ2v) is 3.83.